The first-order chi connectivity index (χ1) is 5.75. The molecule has 1 aromatic rings. The van der Waals surface area contributed by atoms with Gasteiger partial charge in [-0.3, -0.25) is 0 Å². The SMILES string of the molecule is OCC#Cc1c(O)cccc1O. The van der Waals surface area contributed by atoms with Gasteiger partial charge < -0.3 is 15.3 Å². The lowest BCUT2D eigenvalue weighted by Gasteiger charge is -1.97. The minimum atomic E-state index is -0.298. The van der Waals surface area contributed by atoms with Gasteiger partial charge in [-0.25, -0.2) is 0 Å². The van der Waals surface area contributed by atoms with Crippen molar-refractivity contribution in [3.8, 4) is 23.3 Å². The lowest BCUT2D eigenvalue weighted by atomic mass is 10.2. The van der Waals surface area contributed by atoms with E-state index < -0.39 is 0 Å². The number of hydrogen-bond acceptors (Lipinski definition) is 3. The van der Waals surface area contributed by atoms with Gasteiger partial charge in [0.15, 0.2) is 0 Å². The van der Waals surface area contributed by atoms with Crippen LogP contribution in [-0.4, -0.2) is 21.9 Å². The molecular formula is C9H8O3. The van der Waals surface area contributed by atoms with Gasteiger partial charge >= 0.3 is 0 Å². The van der Waals surface area contributed by atoms with Crippen LogP contribution in [0.25, 0.3) is 0 Å². The van der Waals surface area contributed by atoms with Gasteiger partial charge in [-0.2, -0.15) is 0 Å². The van der Waals surface area contributed by atoms with Crippen LogP contribution in [0.1, 0.15) is 5.56 Å². The lowest BCUT2D eigenvalue weighted by molar-refractivity contribution is 0.350. The van der Waals surface area contributed by atoms with Gasteiger partial charge in [-0.1, -0.05) is 17.9 Å². The first-order valence-corrected chi connectivity index (χ1v) is 3.36. The molecule has 12 heavy (non-hydrogen) atoms. The van der Waals surface area contributed by atoms with E-state index in [-0.39, 0.29) is 23.7 Å². The van der Waals surface area contributed by atoms with Gasteiger partial charge in [-0.05, 0) is 12.1 Å². The van der Waals surface area contributed by atoms with Crippen molar-refractivity contribution in [2.75, 3.05) is 6.61 Å². The van der Waals surface area contributed by atoms with E-state index in [4.69, 9.17) is 5.11 Å². The fourth-order valence-corrected chi connectivity index (χ4v) is 0.784. The third kappa shape index (κ3) is 1.68. The molecule has 0 amide bonds. The van der Waals surface area contributed by atoms with Crippen molar-refractivity contribution >= 4 is 0 Å². The summed E-state index contributed by atoms with van der Waals surface area (Å²) in [5.41, 5.74) is 0.145. The van der Waals surface area contributed by atoms with Crippen molar-refractivity contribution in [2.24, 2.45) is 0 Å². The molecule has 0 spiro atoms. The highest BCUT2D eigenvalue weighted by molar-refractivity contribution is 5.53. The quantitative estimate of drug-likeness (QED) is 0.487. The molecule has 0 saturated heterocycles. The van der Waals surface area contributed by atoms with E-state index in [9.17, 15) is 10.2 Å². The monoisotopic (exact) mass is 164 g/mol. The second-order valence-corrected chi connectivity index (χ2v) is 2.13. The molecule has 0 saturated carbocycles. The van der Waals surface area contributed by atoms with Crippen LogP contribution < -0.4 is 0 Å². The fourth-order valence-electron chi connectivity index (χ4n) is 0.784. The third-order valence-electron chi connectivity index (χ3n) is 1.31. The summed E-state index contributed by atoms with van der Waals surface area (Å²) in [5.74, 6) is 4.59. The maximum absolute atomic E-state index is 9.17. The average Bonchev–Trinajstić information content (AvgIpc) is 2.04. The highest BCUT2D eigenvalue weighted by Crippen LogP contribution is 2.24. The summed E-state index contributed by atoms with van der Waals surface area (Å²) in [7, 11) is 0. The summed E-state index contributed by atoms with van der Waals surface area (Å²) in [4.78, 5) is 0. The number of hydrogen-bond donors (Lipinski definition) is 3. The zero-order chi connectivity index (χ0) is 8.97. The van der Waals surface area contributed by atoms with Gasteiger partial charge in [-0.15, -0.1) is 0 Å². The molecule has 0 unspecified atom stereocenters. The number of phenols is 2. The van der Waals surface area contributed by atoms with Crippen molar-refractivity contribution in [1.29, 1.82) is 0 Å². The second kappa shape index (κ2) is 3.65. The molecule has 0 aromatic heterocycles. The van der Waals surface area contributed by atoms with Crippen LogP contribution in [0.5, 0.6) is 11.5 Å². The molecule has 62 valence electrons. The third-order valence-corrected chi connectivity index (χ3v) is 1.31. The molecule has 0 radical (unpaired) electrons. The lowest BCUT2D eigenvalue weighted by Crippen LogP contribution is -1.79. The van der Waals surface area contributed by atoms with Crippen molar-refractivity contribution in [1.82, 2.24) is 0 Å². The predicted molar refractivity (Wildman–Crippen MR) is 43.7 cm³/mol. The van der Waals surface area contributed by atoms with Crippen LogP contribution in [0.4, 0.5) is 0 Å². The maximum atomic E-state index is 9.17. The number of rotatable bonds is 0. The normalized spacial score (nSPS) is 8.75. The molecule has 0 aliphatic heterocycles. The Morgan fingerprint density at radius 2 is 1.75 bits per heavy atom. The van der Waals surface area contributed by atoms with Gasteiger partial charge in [0.05, 0.1) is 0 Å². The summed E-state index contributed by atoms with van der Waals surface area (Å²) in [5, 5.41) is 26.7. The van der Waals surface area contributed by atoms with Crippen LogP contribution in [-0.2, 0) is 0 Å². The number of aliphatic hydroxyl groups is 1. The predicted octanol–water partition coefficient (Wildman–Crippen LogP) is 0.442. The summed E-state index contributed by atoms with van der Waals surface area (Å²) in [6, 6.07) is 4.34. The molecule has 0 fully saturated rings. The fraction of sp³-hybridized carbons (Fsp3) is 0.111. The van der Waals surface area contributed by atoms with Crippen molar-refractivity contribution in [2.45, 2.75) is 0 Å². The van der Waals surface area contributed by atoms with Crippen molar-refractivity contribution in [3.63, 3.8) is 0 Å². The molecule has 3 heteroatoms. The zero-order valence-electron chi connectivity index (χ0n) is 6.28. The number of phenolic OH excluding ortho intramolecular Hbond substituents is 2. The minimum Gasteiger partial charge on any atom is -0.507 e. The van der Waals surface area contributed by atoms with Crippen molar-refractivity contribution < 1.29 is 15.3 Å². The highest BCUT2D eigenvalue weighted by atomic mass is 16.3. The average molecular weight is 164 g/mol. The van der Waals surface area contributed by atoms with Crippen LogP contribution in [0.2, 0.25) is 0 Å². The highest BCUT2D eigenvalue weighted by Gasteiger charge is 2.01. The molecule has 0 aliphatic carbocycles. The Kier molecular flexibility index (Phi) is 2.57. The zero-order valence-corrected chi connectivity index (χ0v) is 6.28. The van der Waals surface area contributed by atoms with E-state index in [1.165, 1.54) is 18.2 Å². The van der Waals surface area contributed by atoms with E-state index in [1.807, 2.05) is 0 Å². The van der Waals surface area contributed by atoms with E-state index in [0.717, 1.165) is 0 Å². The van der Waals surface area contributed by atoms with Crippen molar-refractivity contribution in [3.05, 3.63) is 23.8 Å². The van der Waals surface area contributed by atoms with Gasteiger partial charge in [0.1, 0.15) is 23.7 Å². The Hall–Kier alpha value is -1.66. The molecule has 0 heterocycles. The van der Waals surface area contributed by atoms with Crippen LogP contribution in [0.15, 0.2) is 18.2 Å². The number of aliphatic hydroxyl groups excluding tert-OH is 1. The first kappa shape index (κ1) is 8.44. The second-order valence-electron chi connectivity index (χ2n) is 2.13. The van der Waals surface area contributed by atoms with Gasteiger partial charge in [0, 0.05) is 0 Å². The molecule has 1 aromatic carbocycles. The summed E-state index contributed by atoms with van der Waals surface area (Å²) in [6.07, 6.45) is 0. The Bertz CT molecular complexity index is 313. The molecule has 3 nitrogen and oxygen atoms in total. The Morgan fingerprint density at radius 1 is 1.17 bits per heavy atom. The summed E-state index contributed by atoms with van der Waals surface area (Å²) >= 11 is 0. The molecule has 0 aliphatic rings. The molecule has 0 bridgehead atoms. The van der Waals surface area contributed by atoms with E-state index in [1.54, 1.807) is 0 Å². The van der Waals surface area contributed by atoms with Crippen LogP contribution >= 0.6 is 0 Å². The Morgan fingerprint density at radius 3 is 2.25 bits per heavy atom. The minimum absolute atomic E-state index is 0.0871. The molecule has 3 N–H and O–H groups in total. The Balaban J connectivity index is 3.13. The van der Waals surface area contributed by atoms with E-state index in [2.05, 4.69) is 11.8 Å². The maximum Gasteiger partial charge on any atom is 0.134 e. The largest absolute Gasteiger partial charge is 0.507 e. The molecule has 1 rings (SSSR count). The smallest absolute Gasteiger partial charge is 0.134 e. The van der Waals surface area contributed by atoms with E-state index >= 15 is 0 Å². The summed E-state index contributed by atoms with van der Waals surface area (Å²) < 4.78 is 0. The number of aromatic hydroxyl groups is 2. The van der Waals surface area contributed by atoms with E-state index in [0.29, 0.717) is 0 Å². The van der Waals surface area contributed by atoms with Crippen LogP contribution in [0.3, 0.4) is 0 Å². The number of benzene rings is 1. The standard InChI is InChI=1S/C9H8O3/c10-6-2-3-7-8(11)4-1-5-9(7)12/h1,4-5,10-12H,6H2. The molecule has 0 atom stereocenters. The topological polar surface area (TPSA) is 60.7 Å². The van der Waals surface area contributed by atoms with Gasteiger partial charge in [0.25, 0.3) is 0 Å². The first-order valence-electron chi connectivity index (χ1n) is 3.36. The van der Waals surface area contributed by atoms with Gasteiger partial charge in [0.2, 0.25) is 0 Å². The van der Waals surface area contributed by atoms with Crippen LogP contribution in [0, 0.1) is 11.8 Å². The summed E-state index contributed by atoms with van der Waals surface area (Å²) in [6.45, 7) is -0.298. The molecular weight excluding hydrogens is 156 g/mol. The Labute approximate surface area is 69.9 Å².